The van der Waals surface area contributed by atoms with E-state index in [4.69, 9.17) is 9.47 Å². The van der Waals surface area contributed by atoms with Crippen molar-refractivity contribution in [2.24, 2.45) is 0 Å². The van der Waals surface area contributed by atoms with Gasteiger partial charge in [0.1, 0.15) is 17.2 Å². The van der Waals surface area contributed by atoms with Crippen LogP contribution < -0.4 is 10.1 Å². The molecule has 0 spiro atoms. The zero-order chi connectivity index (χ0) is 25.5. The fraction of sp³-hybridized carbons (Fsp3) is 0.103. The summed E-state index contributed by atoms with van der Waals surface area (Å²) < 4.78 is 11.3. The first kappa shape index (κ1) is 25.0. The number of methoxy groups -OCH3 is 1. The van der Waals surface area contributed by atoms with Gasteiger partial charge in [-0.15, -0.1) is 0 Å². The number of carbonyl (C=O) groups excluding carboxylic acids is 2. The van der Waals surface area contributed by atoms with Crippen LogP contribution in [0.25, 0.3) is 11.1 Å². The number of hydrogen-bond donors (Lipinski definition) is 2. The van der Waals surface area contributed by atoms with E-state index in [1.165, 1.54) is 19.2 Å². The van der Waals surface area contributed by atoms with Crippen molar-refractivity contribution in [3.8, 4) is 28.4 Å². The van der Waals surface area contributed by atoms with Crippen LogP contribution in [0.1, 0.15) is 28.4 Å². The molecule has 0 aromatic heterocycles. The van der Waals surface area contributed by atoms with E-state index >= 15 is 0 Å². The van der Waals surface area contributed by atoms with E-state index in [9.17, 15) is 14.7 Å². The fourth-order valence-electron chi connectivity index (χ4n) is 3.68. The average molecular weight is 546 g/mol. The molecule has 0 aliphatic heterocycles. The summed E-state index contributed by atoms with van der Waals surface area (Å²) in [4.78, 5) is 24.9. The minimum Gasteiger partial charge on any atom is -0.507 e. The van der Waals surface area contributed by atoms with Crippen molar-refractivity contribution in [2.75, 3.05) is 7.11 Å². The van der Waals surface area contributed by atoms with Crippen LogP contribution >= 0.6 is 15.9 Å². The number of benzene rings is 4. The SMILES string of the molecule is COC(=O)CC(NC(=O)c1cc(Br)ccc1O)c1ccc(-c2ccc(Oc3ccccc3)cc2)cc1. The molecule has 182 valence electrons. The van der Waals surface area contributed by atoms with Crippen molar-refractivity contribution < 1.29 is 24.2 Å². The monoisotopic (exact) mass is 545 g/mol. The summed E-state index contributed by atoms with van der Waals surface area (Å²) in [6, 6.07) is 28.8. The molecular weight excluding hydrogens is 522 g/mol. The van der Waals surface area contributed by atoms with E-state index < -0.39 is 17.9 Å². The van der Waals surface area contributed by atoms with Crippen LogP contribution in [0.5, 0.6) is 17.2 Å². The van der Waals surface area contributed by atoms with Gasteiger partial charge in [-0.3, -0.25) is 9.59 Å². The first-order valence-electron chi connectivity index (χ1n) is 11.2. The number of para-hydroxylation sites is 1. The molecule has 0 bridgehead atoms. The van der Waals surface area contributed by atoms with E-state index in [-0.39, 0.29) is 17.7 Å². The first-order chi connectivity index (χ1) is 17.4. The van der Waals surface area contributed by atoms with Crippen LogP contribution in [0.2, 0.25) is 0 Å². The van der Waals surface area contributed by atoms with Gasteiger partial charge in [0, 0.05) is 4.47 Å². The van der Waals surface area contributed by atoms with Crippen LogP contribution in [-0.4, -0.2) is 24.1 Å². The number of phenols is 1. The number of nitrogens with one attached hydrogen (secondary N) is 1. The predicted molar refractivity (Wildman–Crippen MR) is 141 cm³/mol. The third-order valence-corrected chi connectivity index (χ3v) is 6.08. The molecule has 7 heteroatoms. The molecule has 0 radical (unpaired) electrons. The second-order valence-electron chi connectivity index (χ2n) is 8.03. The molecule has 1 unspecified atom stereocenters. The molecule has 0 fully saturated rings. The van der Waals surface area contributed by atoms with Gasteiger partial charge >= 0.3 is 5.97 Å². The quantitative estimate of drug-likeness (QED) is 0.242. The molecule has 0 aliphatic rings. The Kier molecular flexibility index (Phi) is 8.02. The fourth-order valence-corrected chi connectivity index (χ4v) is 4.04. The maximum atomic E-state index is 12.9. The Morgan fingerprint density at radius 2 is 1.47 bits per heavy atom. The average Bonchev–Trinajstić information content (AvgIpc) is 2.90. The van der Waals surface area contributed by atoms with Crippen LogP contribution in [0.15, 0.2) is 102 Å². The van der Waals surface area contributed by atoms with E-state index in [1.807, 2.05) is 78.9 Å². The number of rotatable bonds is 8. The molecule has 4 aromatic rings. The number of amides is 1. The Bertz CT molecular complexity index is 1340. The van der Waals surface area contributed by atoms with Crippen molar-refractivity contribution in [2.45, 2.75) is 12.5 Å². The highest BCUT2D eigenvalue weighted by Crippen LogP contribution is 2.28. The normalized spacial score (nSPS) is 11.4. The van der Waals surface area contributed by atoms with Crippen molar-refractivity contribution in [1.29, 1.82) is 0 Å². The highest BCUT2D eigenvalue weighted by atomic mass is 79.9. The third-order valence-electron chi connectivity index (χ3n) is 5.59. The zero-order valence-corrected chi connectivity index (χ0v) is 21.1. The largest absolute Gasteiger partial charge is 0.507 e. The van der Waals surface area contributed by atoms with Crippen molar-refractivity contribution in [3.05, 3.63) is 113 Å². The summed E-state index contributed by atoms with van der Waals surface area (Å²) in [7, 11) is 1.30. The number of carbonyl (C=O) groups is 2. The summed E-state index contributed by atoms with van der Waals surface area (Å²) in [6.07, 6.45) is -0.0537. The highest BCUT2D eigenvalue weighted by molar-refractivity contribution is 9.10. The maximum Gasteiger partial charge on any atom is 0.307 e. The second kappa shape index (κ2) is 11.6. The van der Waals surface area contributed by atoms with Crippen LogP contribution in [0.4, 0.5) is 0 Å². The van der Waals surface area contributed by atoms with E-state index in [0.717, 1.165) is 28.2 Å². The maximum absolute atomic E-state index is 12.9. The van der Waals surface area contributed by atoms with Crippen molar-refractivity contribution in [1.82, 2.24) is 5.32 Å². The van der Waals surface area contributed by atoms with E-state index in [2.05, 4.69) is 21.2 Å². The Morgan fingerprint density at radius 3 is 2.11 bits per heavy atom. The summed E-state index contributed by atoms with van der Waals surface area (Å²) >= 11 is 3.31. The lowest BCUT2D eigenvalue weighted by Crippen LogP contribution is -2.30. The van der Waals surface area contributed by atoms with Gasteiger partial charge in [-0.1, -0.05) is 70.5 Å². The number of ether oxygens (including phenoxy) is 2. The molecule has 1 atom stereocenters. The van der Waals surface area contributed by atoms with Crippen LogP contribution in [0.3, 0.4) is 0 Å². The number of phenolic OH excluding ortho intramolecular Hbond substituents is 1. The third kappa shape index (κ3) is 6.31. The Balaban J connectivity index is 1.51. The van der Waals surface area contributed by atoms with E-state index in [1.54, 1.807) is 6.07 Å². The Morgan fingerprint density at radius 1 is 0.861 bits per heavy atom. The number of esters is 1. The minimum atomic E-state index is -0.640. The molecule has 0 saturated heterocycles. The van der Waals surface area contributed by atoms with Gasteiger partial charge in [0.2, 0.25) is 0 Å². The number of halogens is 1. The molecule has 0 saturated carbocycles. The smallest absolute Gasteiger partial charge is 0.307 e. The summed E-state index contributed by atoms with van der Waals surface area (Å²) in [5.74, 6) is 0.392. The molecule has 0 aliphatic carbocycles. The van der Waals surface area contributed by atoms with Gasteiger partial charge in [-0.05, 0) is 59.2 Å². The van der Waals surface area contributed by atoms with Gasteiger partial charge in [-0.25, -0.2) is 0 Å². The van der Waals surface area contributed by atoms with Crippen LogP contribution in [0, 0.1) is 0 Å². The molecule has 2 N–H and O–H groups in total. The molecule has 4 rings (SSSR count). The molecule has 4 aromatic carbocycles. The second-order valence-corrected chi connectivity index (χ2v) is 8.94. The first-order valence-corrected chi connectivity index (χ1v) is 12.0. The molecule has 1 amide bonds. The van der Waals surface area contributed by atoms with Gasteiger partial charge in [0.25, 0.3) is 5.91 Å². The topological polar surface area (TPSA) is 84.9 Å². The highest BCUT2D eigenvalue weighted by Gasteiger charge is 2.21. The number of hydrogen-bond acceptors (Lipinski definition) is 5. The lowest BCUT2D eigenvalue weighted by molar-refractivity contribution is -0.141. The Hall–Kier alpha value is -4.10. The van der Waals surface area contributed by atoms with Crippen LogP contribution in [-0.2, 0) is 9.53 Å². The minimum absolute atomic E-state index is 0.0537. The van der Waals surface area contributed by atoms with Gasteiger partial charge in [0.15, 0.2) is 0 Å². The lowest BCUT2D eigenvalue weighted by atomic mass is 9.98. The molecule has 0 heterocycles. The lowest BCUT2D eigenvalue weighted by Gasteiger charge is -2.19. The predicted octanol–water partition coefficient (Wildman–Crippen LogP) is 6.65. The number of aromatic hydroxyl groups is 1. The molecular formula is C29H24BrNO5. The van der Waals surface area contributed by atoms with Crippen molar-refractivity contribution >= 4 is 27.8 Å². The molecule has 36 heavy (non-hydrogen) atoms. The molecule has 6 nitrogen and oxygen atoms in total. The standard InChI is InChI=1S/C29H24BrNO5/c1-35-28(33)18-26(31-29(34)25-17-22(30)13-16-27(25)32)21-9-7-19(8-10-21)20-11-14-24(15-12-20)36-23-5-3-2-4-6-23/h2-17,26,32H,18H2,1H3,(H,31,34). The van der Waals surface area contributed by atoms with Gasteiger partial charge in [0.05, 0.1) is 25.1 Å². The van der Waals surface area contributed by atoms with E-state index in [0.29, 0.717) is 4.47 Å². The summed E-state index contributed by atoms with van der Waals surface area (Å²) in [6.45, 7) is 0. The Labute approximate surface area is 217 Å². The summed E-state index contributed by atoms with van der Waals surface area (Å²) in [5, 5.41) is 12.9. The zero-order valence-electron chi connectivity index (χ0n) is 19.5. The van der Waals surface area contributed by atoms with Crippen molar-refractivity contribution in [3.63, 3.8) is 0 Å². The van der Waals surface area contributed by atoms with Gasteiger partial charge < -0.3 is 19.9 Å². The van der Waals surface area contributed by atoms with Gasteiger partial charge in [-0.2, -0.15) is 0 Å². The summed E-state index contributed by atoms with van der Waals surface area (Å²) in [5.41, 5.74) is 2.80.